The molecular weight excluding hydrogens is 314 g/mol. The summed E-state index contributed by atoms with van der Waals surface area (Å²) in [5, 5.41) is 3.19. The van der Waals surface area contributed by atoms with Gasteiger partial charge in [-0.3, -0.25) is 4.90 Å². The van der Waals surface area contributed by atoms with E-state index in [0.717, 1.165) is 50.7 Å². The number of nitrogens with one attached hydrogen (secondary N) is 1. The van der Waals surface area contributed by atoms with Gasteiger partial charge in [-0.1, -0.05) is 18.2 Å². The quantitative estimate of drug-likeness (QED) is 0.798. The lowest BCUT2D eigenvalue weighted by Crippen LogP contribution is -2.31. The van der Waals surface area contributed by atoms with Crippen molar-refractivity contribution in [3.63, 3.8) is 0 Å². The van der Waals surface area contributed by atoms with E-state index in [1.54, 1.807) is 7.11 Å². The molecule has 1 N–H and O–H groups in total. The molecule has 0 unspecified atom stereocenters. The van der Waals surface area contributed by atoms with Crippen molar-refractivity contribution in [1.29, 1.82) is 0 Å². The van der Waals surface area contributed by atoms with Crippen LogP contribution < -0.4 is 10.1 Å². The summed E-state index contributed by atoms with van der Waals surface area (Å²) >= 11 is 0. The van der Waals surface area contributed by atoms with Crippen molar-refractivity contribution in [3.8, 4) is 5.75 Å². The van der Waals surface area contributed by atoms with Gasteiger partial charge in [0.1, 0.15) is 11.6 Å². The number of nitrogens with zero attached hydrogens (tertiary/aromatic N) is 2. The molecular formula is C20H27N3O2. The number of ether oxygens (including phenoxy) is 2. The fourth-order valence-corrected chi connectivity index (χ4v) is 3.28. The van der Waals surface area contributed by atoms with E-state index in [9.17, 15) is 0 Å². The van der Waals surface area contributed by atoms with Crippen LogP contribution >= 0.6 is 0 Å². The zero-order valence-electron chi connectivity index (χ0n) is 15.1. The minimum Gasteiger partial charge on any atom is -0.497 e. The maximum Gasteiger partial charge on any atom is 0.130 e. The summed E-state index contributed by atoms with van der Waals surface area (Å²) < 4.78 is 11.1. The molecule has 0 radical (unpaired) electrons. The van der Waals surface area contributed by atoms with Gasteiger partial charge in [0, 0.05) is 45.0 Å². The first kappa shape index (κ1) is 17.7. The molecule has 3 rings (SSSR count). The van der Waals surface area contributed by atoms with Gasteiger partial charge in [-0.25, -0.2) is 4.98 Å². The Balaban J connectivity index is 1.73. The lowest BCUT2D eigenvalue weighted by Gasteiger charge is -2.26. The van der Waals surface area contributed by atoms with Gasteiger partial charge in [0.2, 0.25) is 0 Å². The second-order valence-electron chi connectivity index (χ2n) is 6.41. The number of pyridine rings is 1. The van der Waals surface area contributed by atoms with E-state index in [1.165, 1.54) is 11.1 Å². The Morgan fingerprint density at radius 2 is 2.08 bits per heavy atom. The van der Waals surface area contributed by atoms with Gasteiger partial charge in [-0.2, -0.15) is 0 Å². The van der Waals surface area contributed by atoms with Gasteiger partial charge in [-0.15, -0.1) is 0 Å². The largest absolute Gasteiger partial charge is 0.497 e. The third-order valence-corrected chi connectivity index (χ3v) is 4.57. The Hall–Kier alpha value is -2.11. The fraction of sp³-hybridized carbons (Fsp3) is 0.450. The molecule has 1 atom stereocenters. The summed E-state index contributed by atoms with van der Waals surface area (Å²) in [6, 6.07) is 12.4. The monoisotopic (exact) mass is 341 g/mol. The molecule has 25 heavy (non-hydrogen) atoms. The molecule has 5 heteroatoms. The maximum absolute atomic E-state index is 5.86. The number of anilines is 1. The number of aromatic nitrogens is 1. The van der Waals surface area contributed by atoms with Gasteiger partial charge >= 0.3 is 0 Å². The average Bonchev–Trinajstić information content (AvgIpc) is 3.16. The molecule has 1 aliphatic rings. The number of hydrogen-bond acceptors (Lipinski definition) is 5. The third-order valence-electron chi connectivity index (χ3n) is 4.57. The van der Waals surface area contributed by atoms with Crippen LogP contribution in [-0.4, -0.2) is 43.3 Å². The molecule has 1 aromatic heterocycles. The molecule has 1 saturated heterocycles. The Bertz CT molecular complexity index is 654. The first-order valence-corrected chi connectivity index (χ1v) is 8.87. The Morgan fingerprint density at radius 3 is 2.76 bits per heavy atom. The van der Waals surface area contributed by atoms with Crippen molar-refractivity contribution >= 4 is 5.82 Å². The molecule has 1 aromatic carbocycles. The molecule has 1 aliphatic heterocycles. The van der Waals surface area contributed by atoms with Crippen molar-refractivity contribution in [3.05, 3.63) is 53.7 Å². The SMILES string of the molecule is CNc1ncccc1CN(Cc1ccc(OC)cc1)C[C@H]1CCCO1. The highest BCUT2D eigenvalue weighted by Gasteiger charge is 2.20. The molecule has 134 valence electrons. The molecule has 0 bridgehead atoms. The number of rotatable bonds is 8. The Morgan fingerprint density at radius 1 is 1.24 bits per heavy atom. The van der Waals surface area contributed by atoms with Crippen LogP contribution in [0.3, 0.4) is 0 Å². The van der Waals surface area contributed by atoms with E-state index in [-0.39, 0.29) is 0 Å². The van der Waals surface area contributed by atoms with Crippen molar-refractivity contribution < 1.29 is 9.47 Å². The highest BCUT2D eigenvalue weighted by atomic mass is 16.5. The van der Waals surface area contributed by atoms with Crippen LogP contribution in [0.4, 0.5) is 5.82 Å². The van der Waals surface area contributed by atoms with E-state index in [1.807, 2.05) is 31.4 Å². The molecule has 5 nitrogen and oxygen atoms in total. The number of methoxy groups -OCH3 is 1. The van der Waals surface area contributed by atoms with Crippen LogP contribution in [0.15, 0.2) is 42.6 Å². The zero-order valence-corrected chi connectivity index (χ0v) is 15.1. The summed E-state index contributed by atoms with van der Waals surface area (Å²) in [6.45, 7) is 3.54. The zero-order chi connectivity index (χ0) is 17.5. The Kier molecular flexibility index (Phi) is 6.25. The summed E-state index contributed by atoms with van der Waals surface area (Å²) in [7, 11) is 3.61. The molecule has 2 heterocycles. The lowest BCUT2D eigenvalue weighted by molar-refractivity contribution is 0.0679. The Labute approximate surface area is 150 Å². The van der Waals surface area contributed by atoms with E-state index in [2.05, 4.69) is 33.4 Å². The summed E-state index contributed by atoms with van der Waals surface area (Å²) in [6.07, 6.45) is 4.46. The lowest BCUT2D eigenvalue weighted by atomic mass is 10.1. The minimum atomic E-state index is 0.327. The van der Waals surface area contributed by atoms with Gasteiger partial charge in [0.25, 0.3) is 0 Å². The third kappa shape index (κ3) is 4.94. The molecule has 1 fully saturated rings. The second kappa shape index (κ2) is 8.83. The highest BCUT2D eigenvalue weighted by Crippen LogP contribution is 2.20. The van der Waals surface area contributed by atoms with Crippen molar-refractivity contribution in [2.75, 3.05) is 32.6 Å². The topological polar surface area (TPSA) is 46.6 Å². The van der Waals surface area contributed by atoms with Gasteiger partial charge in [0.15, 0.2) is 0 Å². The van der Waals surface area contributed by atoms with Crippen LogP contribution in [-0.2, 0) is 17.8 Å². The van der Waals surface area contributed by atoms with Crippen LogP contribution in [0, 0.1) is 0 Å². The summed E-state index contributed by atoms with van der Waals surface area (Å²) in [5.74, 6) is 1.83. The average molecular weight is 341 g/mol. The van der Waals surface area contributed by atoms with E-state index in [4.69, 9.17) is 9.47 Å². The summed E-state index contributed by atoms with van der Waals surface area (Å²) in [4.78, 5) is 6.87. The summed E-state index contributed by atoms with van der Waals surface area (Å²) in [5.41, 5.74) is 2.48. The van der Waals surface area contributed by atoms with E-state index < -0.39 is 0 Å². The first-order chi connectivity index (χ1) is 12.3. The van der Waals surface area contributed by atoms with Crippen molar-refractivity contribution in [2.24, 2.45) is 0 Å². The van der Waals surface area contributed by atoms with Crippen molar-refractivity contribution in [1.82, 2.24) is 9.88 Å². The predicted molar refractivity (Wildman–Crippen MR) is 99.9 cm³/mol. The molecule has 2 aromatic rings. The normalized spacial score (nSPS) is 17.0. The van der Waals surface area contributed by atoms with Gasteiger partial charge in [-0.05, 0) is 36.6 Å². The molecule has 0 aliphatic carbocycles. The molecule has 0 saturated carbocycles. The molecule has 0 amide bonds. The number of benzene rings is 1. The van der Waals surface area contributed by atoms with Crippen LogP contribution in [0.25, 0.3) is 0 Å². The van der Waals surface area contributed by atoms with Gasteiger partial charge in [0.05, 0.1) is 13.2 Å². The minimum absolute atomic E-state index is 0.327. The smallest absolute Gasteiger partial charge is 0.130 e. The maximum atomic E-state index is 5.86. The van der Waals surface area contributed by atoms with E-state index in [0.29, 0.717) is 6.10 Å². The van der Waals surface area contributed by atoms with Crippen LogP contribution in [0.1, 0.15) is 24.0 Å². The molecule has 0 spiro atoms. The van der Waals surface area contributed by atoms with Crippen molar-refractivity contribution in [2.45, 2.75) is 32.0 Å². The highest BCUT2D eigenvalue weighted by molar-refractivity contribution is 5.42. The predicted octanol–water partition coefficient (Wildman–Crippen LogP) is 3.31. The van der Waals surface area contributed by atoms with Crippen LogP contribution in [0.5, 0.6) is 5.75 Å². The van der Waals surface area contributed by atoms with E-state index >= 15 is 0 Å². The van der Waals surface area contributed by atoms with Crippen LogP contribution in [0.2, 0.25) is 0 Å². The number of hydrogen-bond donors (Lipinski definition) is 1. The first-order valence-electron chi connectivity index (χ1n) is 8.87. The second-order valence-corrected chi connectivity index (χ2v) is 6.41. The van der Waals surface area contributed by atoms with Gasteiger partial charge < -0.3 is 14.8 Å². The standard InChI is InChI=1S/C20H27N3O2/c1-21-20-17(5-3-11-22-20)14-23(15-19-6-4-12-25-19)13-16-7-9-18(24-2)10-8-16/h3,5,7-11,19H,4,6,12-15H2,1-2H3,(H,21,22)/t19-/m1/s1. The fourth-order valence-electron chi connectivity index (χ4n) is 3.28.